The van der Waals surface area contributed by atoms with Crippen molar-refractivity contribution in [2.75, 3.05) is 21.3 Å². The van der Waals surface area contributed by atoms with Gasteiger partial charge in [0.1, 0.15) is 11.5 Å². The molecule has 2 heterocycles. The summed E-state index contributed by atoms with van der Waals surface area (Å²) in [5.41, 5.74) is 2.34. The van der Waals surface area contributed by atoms with E-state index >= 15 is 0 Å². The number of Topliss-reactive ketones (excluding diaryl/α,β-unsaturated/α-hetero) is 1. The van der Waals surface area contributed by atoms with Gasteiger partial charge in [-0.2, -0.15) is 0 Å². The standard InChI is InChI=1S/C27H26N2O6/c1-16-13-18(33-2)10-11-19(16)24(30)22-23(20-8-5-9-21(34-3)26(20)35-4)29(27(32)25(22)31)15-17-7-6-12-28-14-17/h5-14,23,30H,15H2,1-4H3/b24-22+. The van der Waals surface area contributed by atoms with Crippen molar-refractivity contribution < 1.29 is 28.9 Å². The minimum Gasteiger partial charge on any atom is -0.507 e. The van der Waals surface area contributed by atoms with Gasteiger partial charge >= 0.3 is 0 Å². The Bertz CT molecular complexity index is 1300. The average molecular weight is 475 g/mol. The maximum Gasteiger partial charge on any atom is 0.295 e. The number of carbonyl (C=O) groups excluding carboxylic acids is 2. The fraction of sp³-hybridized carbons (Fsp3) is 0.222. The predicted molar refractivity (Wildman–Crippen MR) is 129 cm³/mol. The second-order valence-corrected chi connectivity index (χ2v) is 8.05. The number of para-hydroxylation sites is 1. The third-order valence-corrected chi connectivity index (χ3v) is 6.03. The van der Waals surface area contributed by atoms with E-state index in [0.29, 0.717) is 33.9 Å². The van der Waals surface area contributed by atoms with Crippen LogP contribution in [0, 0.1) is 6.92 Å². The van der Waals surface area contributed by atoms with Crippen LogP contribution in [0.25, 0.3) is 5.76 Å². The minimum atomic E-state index is -0.915. The maximum absolute atomic E-state index is 13.4. The van der Waals surface area contributed by atoms with Crippen LogP contribution in [0.15, 0.2) is 66.5 Å². The highest BCUT2D eigenvalue weighted by Gasteiger charge is 2.47. The summed E-state index contributed by atoms with van der Waals surface area (Å²) in [5, 5.41) is 11.4. The second kappa shape index (κ2) is 9.89. The monoisotopic (exact) mass is 474 g/mol. The number of carbonyl (C=O) groups is 2. The van der Waals surface area contributed by atoms with Crippen LogP contribution in [-0.4, -0.2) is 48.0 Å². The number of pyridine rings is 1. The SMILES string of the molecule is COc1ccc(/C(O)=C2\C(=O)C(=O)N(Cc3cccnc3)C2c2cccc(OC)c2OC)c(C)c1. The lowest BCUT2D eigenvalue weighted by atomic mass is 9.93. The molecule has 2 aromatic carbocycles. The summed E-state index contributed by atoms with van der Waals surface area (Å²) in [5.74, 6) is -0.352. The molecule has 3 aromatic rings. The Kier molecular flexibility index (Phi) is 6.73. The lowest BCUT2D eigenvalue weighted by molar-refractivity contribution is -0.140. The third kappa shape index (κ3) is 4.30. The topological polar surface area (TPSA) is 98.2 Å². The van der Waals surface area contributed by atoms with Crippen LogP contribution in [0.1, 0.15) is 28.3 Å². The average Bonchev–Trinajstić information content (AvgIpc) is 3.13. The van der Waals surface area contributed by atoms with Crippen LogP contribution >= 0.6 is 0 Å². The molecule has 1 amide bonds. The quantitative estimate of drug-likeness (QED) is 0.314. The molecule has 180 valence electrons. The molecule has 1 atom stereocenters. The molecule has 1 unspecified atom stereocenters. The van der Waals surface area contributed by atoms with Gasteiger partial charge in [0.15, 0.2) is 11.5 Å². The van der Waals surface area contributed by atoms with E-state index in [4.69, 9.17) is 14.2 Å². The van der Waals surface area contributed by atoms with Gasteiger partial charge in [-0.05, 0) is 48.4 Å². The molecule has 8 heteroatoms. The first-order chi connectivity index (χ1) is 16.9. The molecule has 0 spiro atoms. The number of ether oxygens (including phenoxy) is 3. The van der Waals surface area contributed by atoms with Crippen molar-refractivity contribution >= 4 is 17.4 Å². The molecule has 0 aliphatic carbocycles. The summed E-state index contributed by atoms with van der Waals surface area (Å²) in [4.78, 5) is 32.2. The van der Waals surface area contributed by atoms with Gasteiger partial charge in [-0.15, -0.1) is 0 Å². The Morgan fingerprint density at radius 1 is 1.03 bits per heavy atom. The number of aryl methyl sites for hydroxylation is 1. The number of aromatic nitrogens is 1. The number of rotatable bonds is 7. The first kappa shape index (κ1) is 23.8. The fourth-order valence-electron chi connectivity index (χ4n) is 4.36. The fourth-order valence-corrected chi connectivity index (χ4v) is 4.36. The number of amides is 1. The minimum absolute atomic E-state index is 0.0290. The smallest absolute Gasteiger partial charge is 0.295 e. The molecular formula is C27H26N2O6. The van der Waals surface area contributed by atoms with E-state index in [0.717, 1.165) is 5.56 Å². The van der Waals surface area contributed by atoms with Crippen molar-refractivity contribution in [2.45, 2.75) is 19.5 Å². The number of hydrogen-bond acceptors (Lipinski definition) is 7. The molecule has 0 bridgehead atoms. The van der Waals surface area contributed by atoms with Crippen molar-refractivity contribution in [1.82, 2.24) is 9.88 Å². The van der Waals surface area contributed by atoms with Gasteiger partial charge in [0.05, 0.1) is 32.9 Å². The van der Waals surface area contributed by atoms with Gasteiger partial charge < -0.3 is 24.2 Å². The summed E-state index contributed by atoms with van der Waals surface area (Å²) < 4.78 is 16.3. The molecule has 1 aliphatic heterocycles. The van der Waals surface area contributed by atoms with Crippen LogP contribution < -0.4 is 14.2 Å². The molecule has 4 rings (SSSR count). The second-order valence-electron chi connectivity index (χ2n) is 8.05. The number of nitrogens with zero attached hydrogens (tertiary/aromatic N) is 2. The van der Waals surface area contributed by atoms with Crippen molar-refractivity contribution in [3.8, 4) is 17.2 Å². The molecule has 0 saturated carbocycles. The van der Waals surface area contributed by atoms with Gasteiger partial charge in [-0.3, -0.25) is 14.6 Å². The Morgan fingerprint density at radius 2 is 1.83 bits per heavy atom. The first-order valence-corrected chi connectivity index (χ1v) is 10.9. The van der Waals surface area contributed by atoms with E-state index in [1.807, 2.05) is 6.07 Å². The highest BCUT2D eigenvalue weighted by molar-refractivity contribution is 6.46. The lowest BCUT2D eigenvalue weighted by Gasteiger charge is -2.27. The highest BCUT2D eigenvalue weighted by Crippen LogP contribution is 2.46. The number of ketones is 1. The number of methoxy groups -OCH3 is 3. The maximum atomic E-state index is 13.4. The van der Waals surface area contributed by atoms with Crippen molar-refractivity contribution in [3.63, 3.8) is 0 Å². The summed E-state index contributed by atoms with van der Waals surface area (Å²) in [6.45, 7) is 1.91. The predicted octanol–water partition coefficient (Wildman–Crippen LogP) is 4.04. The Balaban J connectivity index is 1.95. The molecular weight excluding hydrogens is 448 g/mol. The number of benzene rings is 2. The molecule has 0 radical (unpaired) electrons. The third-order valence-electron chi connectivity index (χ3n) is 6.03. The zero-order chi connectivity index (χ0) is 25.1. The summed E-state index contributed by atoms with van der Waals surface area (Å²) in [6.07, 6.45) is 3.26. The molecule has 1 aliphatic rings. The van der Waals surface area contributed by atoms with E-state index in [-0.39, 0.29) is 17.9 Å². The first-order valence-electron chi connectivity index (χ1n) is 10.9. The molecule has 1 aromatic heterocycles. The van der Waals surface area contributed by atoms with Gasteiger partial charge in [-0.1, -0.05) is 18.2 Å². The van der Waals surface area contributed by atoms with Crippen LogP contribution in [0.3, 0.4) is 0 Å². The van der Waals surface area contributed by atoms with Gasteiger partial charge in [0.2, 0.25) is 0 Å². The normalized spacial score (nSPS) is 16.9. The molecule has 1 N–H and O–H groups in total. The summed E-state index contributed by atoms with van der Waals surface area (Å²) in [7, 11) is 4.55. The van der Waals surface area contributed by atoms with Gasteiger partial charge in [0.25, 0.3) is 11.7 Å². The Morgan fingerprint density at radius 3 is 2.46 bits per heavy atom. The Labute approximate surface area is 203 Å². The van der Waals surface area contributed by atoms with Crippen LogP contribution in [-0.2, 0) is 16.1 Å². The number of likely N-dealkylation sites (tertiary alicyclic amines) is 1. The number of aliphatic hydroxyl groups excluding tert-OH is 1. The van der Waals surface area contributed by atoms with Gasteiger partial charge in [-0.25, -0.2) is 0 Å². The zero-order valence-electron chi connectivity index (χ0n) is 19.9. The summed E-state index contributed by atoms with van der Waals surface area (Å²) >= 11 is 0. The molecule has 1 saturated heterocycles. The Hall–Kier alpha value is -4.33. The molecule has 1 fully saturated rings. The highest BCUT2D eigenvalue weighted by atomic mass is 16.5. The van der Waals surface area contributed by atoms with E-state index in [9.17, 15) is 14.7 Å². The van der Waals surface area contributed by atoms with Crippen molar-refractivity contribution in [2.24, 2.45) is 0 Å². The van der Waals surface area contributed by atoms with Gasteiger partial charge in [0, 0.05) is 30.1 Å². The van der Waals surface area contributed by atoms with Crippen molar-refractivity contribution in [1.29, 1.82) is 0 Å². The largest absolute Gasteiger partial charge is 0.507 e. The van der Waals surface area contributed by atoms with Crippen LogP contribution in [0.5, 0.6) is 17.2 Å². The van der Waals surface area contributed by atoms with E-state index in [1.165, 1.54) is 19.1 Å². The number of hydrogen-bond donors (Lipinski definition) is 1. The molecule has 8 nitrogen and oxygen atoms in total. The zero-order valence-corrected chi connectivity index (χ0v) is 19.9. The van der Waals surface area contributed by atoms with E-state index in [1.54, 1.807) is 68.9 Å². The van der Waals surface area contributed by atoms with Crippen molar-refractivity contribution in [3.05, 3.63) is 88.8 Å². The van der Waals surface area contributed by atoms with Crippen LogP contribution in [0.2, 0.25) is 0 Å². The van der Waals surface area contributed by atoms with Crippen LogP contribution in [0.4, 0.5) is 0 Å². The summed E-state index contributed by atoms with van der Waals surface area (Å²) in [6, 6.07) is 13.0. The lowest BCUT2D eigenvalue weighted by Crippen LogP contribution is -2.29. The van der Waals surface area contributed by atoms with E-state index in [2.05, 4.69) is 4.98 Å². The molecule has 35 heavy (non-hydrogen) atoms. The number of aliphatic hydroxyl groups is 1. The van der Waals surface area contributed by atoms with E-state index < -0.39 is 17.7 Å².